The maximum atomic E-state index is 12.9. The van der Waals surface area contributed by atoms with Crippen molar-refractivity contribution in [1.29, 1.82) is 0 Å². The van der Waals surface area contributed by atoms with Crippen molar-refractivity contribution in [2.45, 2.75) is 25.7 Å². The van der Waals surface area contributed by atoms with E-state index in [4.69, 9.17) is 5.73 Å². The van der Waals surface area contributed by atoms with E-state index in [2.05, 4.69) is 11.4 Å². The van der Waals surface area contributed by atoms with Crippen LogP contribution >= 0.6 is 0 Å². The van der Waals surface area contributed by atoms with Crippen molar-refractivity contribution in [2.24, 2.45) is 17.6 Å². The number of nitrogens with zero attached hydrogens (tertiary/aromatic N) is 1. The van der Waals surface area contributed by atoms with Crippen molar-refractivity contribution in [2.75, 3.05) is 26.2 Å². The Morgan fingerprint density at radius 1 is 1.17 bits per heavy atom. The molecule has 2 amide bonds. The van der Waals surface area contributed by atoms with Crippen molar-refractivity contribution in [3.63, 3.8) is 0 Å². The summed E-state index contributed by atoms with van der Waals surface area (Å²) in [7, 11) is 0. The minimum atomic E-state index is -0.244. The number of benzene rings is 1. The first-order valence-corrected chi connectivity index (χ1v) is 8.52. The molecule has 2 saturated heterocycles. The van der Waals surface area contributed by atoms with Gasteiger partial charge in [-0.25, -0.2) is 0 Å². The summed E-state index contributed by atoms with van der Waals surface area (Å²) in [5.41, 5.74) is 7.33. The lowest BCUT2D eigenvalue weighted by Gasteiger charge is -2.31. The monoisotopic (exact) mass is 315 g/mol. The molecule has 0 radical (unpaired) electrons. The van der Waals surface area contributed by atoms with Crippen LogP contribution in [0.15, 0.2) is 24.3 Å². The van der Waals surface area contributed by atoms with Crippen molar-refractivity contribution >= 4 is 11.8 Å². The quantitative estimate of drug-likeness (QED) is 0.876. The van der Waals surface area contributed by atoms with Gasteiger partial charge in [0.1, 0.15) is 0 Å². The van der Waals surface area contributed by atoms with E-state index in [0.717, 1.165) is 30.6 Å². The first-order valence-electron chi connectivity index (χ1n) is 8.52. The maximum Gasteiger partial charge on any atom is 0.254 e. The second-order valence-corrected chi connectivity index (χ2v) is 6.69. The van der Waals surface area contributed by atoms with Crippen LogP contribution in [0.4, 0.5) is 0 Å². The average Bonchev–Trinajstić information content (AvgIpc) is 3.08. The third-order valence-electron chi connectivity index (χ3n) is 5.10. The second-order valence-electron chi connectivity index (χ2n) is 6.69. The van der Waals surface area contributed by atoms with Gasteiger partial charge in [0.2, 0.25) is 5.91 Å². The Morgan fingerprint density at radius 3 is 2.57 bits per heavy atom. The minimum Gasteiger partial charge on any atom is -0.369 e. The van der Waals surface area contributed by atoms with Crippen molar-refractivity contribution in [3.05, 3.63) is 35.4 Å². The van der Waals surface area contributed by atoms with Gasteiger partial charge in [-0.3, -0.25) is 9.59 Å². The fourth-order valence-corrected chi connectivity index (χ4v) is 3.64. The van der Waals surface area contributed by atoms with E-state index in [9.17, 15) is 9.59 Å². The standard InChI is InChI=1S/C18H25N3O2/c19-17(22)14-6-9-21(10-7-14)18(23)16-4-2-1-3-15(16)11-13-5-8-20-12-13/h1-4,13-14,20H,5-12H2,(H2,19,22). The molecule has 124 valence electrons. The number of carbonyl (C=O) groups is 2. The summed E-state index contributed by atoms with van der Waals surface area (Å²) in [5, 5.41) is 3.38. The molecule has 0 saturated carbocycles. The second kappa shape index (κ2) is 7.13. The molecule has 5 nitrogen and oxygen atoms in total. The Morgan fingerprint density at radius 2 is 1.91 bits per heavy atom. The van der Waals surface area contributed by atoms with Gasteiger partial charge in [0.05, 0.1) is 0 Å². The highest BCUT2D eigenvalue weighted by Gasteiger charge is 2.27. The molecule has 3 rings (SSSR count). The summed E-state index contributed by atoms with van der Waals surface area (Å²) < 4.78 is 0. The smallest absolute Gasteiger partial charge is 0.254 e. The molecular formula is C18H25N3O2. The predicted octanol–water partition coefficient (Wildman–Crippen LogP) is 1.18. The van der Waals surface area contributed by atoms with Crippen LogP contribution in [0.2, 0.25) is 0 Å². The zero-order chi connectivity index (χ0) is 16.2. The van der Waals surface area contributed by atoms with Crippen LogP contribution in [0.5, 0.6) is 0 Å². The summed E-state index contributed by atoms with van der Waals surface area (Å²) >= 11 is 0. The maximum absolute atomic E-state index is 12.9. The molecular weight excluding hydrogens is 290 g/mol. The Kier molecular flexibility index (Phi) is 4.96. The minimum absolute atomic E-state index is 0.0844. The predicted molar refractivity (Wildman–Crippen MR) is 88.9 cm³/mol. The van der Waals surface area contributed by atoms with E-state index >= 15 is 0 Å². The first kappa shape index (κ1) is 16.0. The number of rotatable bonds is 4. The largest absolute Gasteiger partial charge is 0.369 e. The topological polar surface area (TPSA) is 75.4 Å². The fourth-order valence-electron chi connectivity index (χ4n) is 3.64. The van der Waals surface area contributed by atoms with Gasteiger partial charge in [-0.15, -0.1) is 0 Å². The zero-order valence-electron chi connectivity index (χ0n) is 13.5. The molecule has 0 aromatic heterocycles. The Hall–Kier alpha value is -1.88. The van der Waals surface area contributed by atoms with Crippen LogP contribution in [-0.4, -0.2) is 42.9 Å². The van der Waals surface area contributed by atoms with E-state index in [-0.39, 0.29) is 17.7 Å². The highest BCUT2D eigenvalue weighted by Crippen LogP contribution is 2.23. The Balaban J connectivity index is 1.68. The number of amides is 2. The third-order valence-corrected chi connectivity index (χ3v) is 5.10. The highest BCUT2D eigenvalue weighted by atomic mass is 16.2. The van der Waals surface area contributed by atoms with E-state index in [1.807, 2.05) is 23.1 Å². The van der Waals surface area contributed by atoms with Crippen LogP contribution in [0.25, 0.3) is 0 Å². The van der Waals surface area contributed by atoms with Gasteiger partial charge < -0.3 is 16.0 Å². The van der Waals surface area contributed by atoms with Gasteiger partial charge in [-0.05, 0) is 56.3 Å². The van der Waals surface area contributed by atoms with E-state index in [0.29, 0.717) is 31.8 Å². The summed E-state index contributed by atoms with van der Waals surface area (Å²) in [5.74, 6) is 0.379. The number of hydrogen-bond donors (Lipinski definition) is 2. The van der Waals surface area contributed by atoms with Crippen LogP contribution in [0.1, 0.15) is 35.2 Å². The summed E-state index contributed by atoms with van der Waals surface area (Å²) in [6, 6.07) is 7.94. The molecule has 5 heteroatoms. The van der Waals surface area contributed by atoms with Gasteiger partial charge in [0.15, 0.2) is 0 Å². The van der Waals surface area contributed by atoms with Crippen LogP contribution in [0, 0.1) is 11.8 Å². The van der Waals surface area contributed by atoms with E-state index < -0.39 is 0 Å². The lowest BCUT2D eigenvalue weighted by Crippen LogP contribution is -2.42. The lowest BCUT2D eigenvalue weighted by atomic mass is 9.92. The SMILES string of the molecule is NC(=O)C1CCN(C(=O)c2ccccc2CC2CCNC2)CC1. The van der Waals surface area contributed by atoms with Crippen molar-refractivity contribution in [3.8, 4) is 0 Å². The number of likely N-dealkylation sites (tertiary alicyclic amines) is 1. The highest BCUT2D eigenvalue weighted by molar-refractivity contribution is 5.96. The number of hydrogen-bond acceptors (Lipinski definition) is 3. The molecule has 2 fully saturated rings. The molecule has 0 spiro atoms. The van der Waals surface area contributed by atoms with Gasteiger partial charge in [0, 0.05) is 24.6 Å². The molecule has 1 unspecified atom stereocenters. The van der Waals surface area contributed by atoms with Gasteiger partial charge in [0.25, 0.3) is 5.91 Å². The molecule has 0 aliphatic carbocycles. The van der Waals surface area contributed by atoms with E-state index in [1.165, 1.54) is 6.42 Å². The zero-order valence-corrected chi connectivity index (χ0v) is 13.5. The molecule has 3 N–H and O–H groups in total. The van der Waals surface area contributed by atoms with Gasteiger partial charge >= 0.3 is 0 Å². The molecule has 2 aliphatic heterocycles. The Labute approximate surface area is 137 Å². The third kappa shape index (κ3) is 3.72. The molecule has 23 heavy (non-hydrogen) atoms. The van der Waals surface area contributed by atoms with Crippen molar-refractivity contribution in [1.82, 2.24) is 10.2 Å². The number of carbonyl (C=O) groups excluding carboxylic acids is 2. The normalized spacial score (nSPS) is 22.3. The summed E-state index contributed by atoms with van der Waals surface area (Å²) in [4.78, 5) is 26.0. The number of piperidine rings is 1. The molecule has 1 aromatic carbocycles. The van der Waals surface area contributed by atoms with Gasteiger partial charge in [-0.2, -0.15) is 0 Å². The molecule has 2 heterocycles. The molecule has 2 aliphatic rings. The summed E-state index contributed by atoms with van der Waals surface area (Å²) in [6.45, 7) is 3.34. The molecule has 1 aromatic rings. The Bertz CT molecular complexity index is 573. The van der Waals surface area contributed by atoms with Crippen LogP contribution < -0.4 is 11.1 Å². The number of primary amides is 1. The van der Waals surface area contributed by atoms with Crippen LogP contribution in [-0.2, 0) is 11.2 Å². The van der Waals surface area contributed by atoms with Gasteiger partial charge in [-0.1, -0.05) is 18.2 Å². The molecule has 1 atom stereocenters. The average molecular weight is 315 g/mol. The summed E-state index contributed by atoms with van der Waals surface area (Å²) in [6.07, 6.45) is 3.48. The number of nitrogens with one attached hydrogen (secondary N) is 1. The van der Waals surface area contributed by atoms with E-state index in [1.54, 1.807) is 0 Å². The lowest BCUT2D eigenvalue weighted by molar-refractivity contribution is -0.123. The first-order chi connectivity index (χ1) is 11.1. The van der Waals surface area contributed by atoms with Crippen LogP contribution in [0.3, 0.4) is 0 Å². The molecule has 0 bridgehead atoms. The number of nitrogens with two attached hydrogens (primary N) is 1. The fraction of sp³-hybridized carbons (Fsp3) is 0.556. The van der Waals surface area contributed by atoms with Crippen molar-refractivity contribution < 1.29 is 9.59 Å².